The molecule has 702 valence electrons. The predicted octanol–water partition coefficient (Wildman–Crippen LogP) is -3.36. The van der Waals surface area contributed by atoms with Crippen molar-refractivity contribution >= 4 is 153 Å². The van der Waals surface area contributed by atoms with E-state index in [0.29, 0.717) is 12.8 Å². The lowest BCUT2D eigenvalue weighted by atomic mass is 10.1. The first-order chi connectivity index (χ1) is 55.3. The van der Waals surface area contributed by atoms with Crippen LogP contribution in [0.3, 0.4) is 0 Å². The minimum Gasteiger partial charge on any atom is -0.779 e. The topological polar surface area (TPSA) is 827 Å². The van der Waals surface area contributed by atoms with E-state index in [1.165, 1.54) is 46.3 Å². The summed E-state index contributed by atoms with van der Waals surface area (Å²) in [5.74, 6) is 0. The number of nitrogens with zero attached hydrogens (tertiary/aromatic N) is 7. The van der Waals surface area contributed by atoms with Crippen LogP contribution in [0, 0.1) is 27.7 Å². The summed E-state index contributed by atoms with van der Waals surface area (Å²) in [7, 11) is -54.9. The second-order valence-corrected chi connectivity index (χ2v) is 52.6. The fourth-order valence-electron chi connectivity index (χ4n) is 9.52. The third kappa shape index (κ3) is 28.7. The summed E-state index contributed by atoms with van der Waals surface area (Å²) in [5.41, 5.74) is -0.270. The van der Waals surface area contributed by atoms with Gasteiger partial charge in [0.25, 0.3) is 22.2 Å². The van der Waals surface area contributed by atoms with Gasteiger partial charge in [-0.2, -0.15) is 35.1 Å². The fourth-order valence-corrected chi connectivity index (χ4v) is 28.1. The molecule has 79 heteroatoms. The largest absolute Gasteiger partial charge is 0.779 e. The van der Waals surface area contributed by atoms with E-state index in [-0.39, 0.29) is 61.0 Å². The summed E-state index contributed by atoms with van der Waals surface area (Å²) in [6.45, 7) is -7.30. The van der Waals surface area contributed by atoms with Crippen LogP contribution in [0.4, 0.5) is 35.1 Å². The van der Waals surface area contributed by atoms with E-state index in [0.717, 1.165) is 24.5 Å². The Morgan fingerprint density at radius 3 is 1.01 bits per heavy atom. The smallest absolute Gasteiger partial charge is 0.368 e. The lowest BCUT2D eigenvalue weighted by Crippen LogP contribution is -2.33. The second kappa shape index (κ2) is 41.2. The number of azide groups is 1. The van der Waals surface area contributed by atoms with Crippen molar-refractivity contribution in [1.82, 2.24) is 38.2 Å². The number of aromatic nitrogens is 8. The van der Waals surface area contributed by atoms with Gasteiger partial charge in [0, 0.05) is 64.7 Å². The maximum Gasteiger partial charge on any atom is 0.368 e. The Bertz CT molecular complexity index is 5430. The first kappa shape index (κ1) is 111. The third-order valence-electron chi connectivity index (χ3n) is 15.6. The molecule has 0 saturated carbocycles. The number of alkyl halides is 8. The fraction of sp³-hybridized carbons (Fsp3) is 0.636. The van der Waals surface area contributed by atoms with Gasteiger partial charge in [0.15, 0.2) is 0 Å². The molecule has 4 aromatic rings. The van der Waals surface area contributed by atoms with Crippen LogP contribution >= 0.6 is 86.3 Å². The van der Waals surface area contributed by atoms with Gasteiger partial charge in [-0.25, -0.2) is 19.2 Å². The van der Waals surface area contributed by atoms with Crippen molar-refractivity contribution in [2.45, 2.75) is 150 Å². The van der Waals surface area contributed by atoms with Crippen molar-refractivity contribution in [2.24, 2.45) is 5.11 Å². The summed E-state index contributed by atoms with van der Waals surface area (Å²) in [4.78, 5) is 250. The van der Waals surface area contributed by atoms with E-state index in [1.54, 1.807) is 0 Å². The molecule has 4 fully saturated rings. The number of halogens is 8. The highest BCUT2D eigenvalue weighted by atomic mass is 32.9. The SMILES string of the molecule is Cc1cn([C@H]2CC[C@@H](COP(=S)([S-])OP(=O)([O-])C(F)(F)P(=O)([O-])O)O2)c(=O)[nH]c1=O.Cc1cn([C@H]2CC[C@@H](COP([O-])(=S)OP(=O)([O-])C(F)(F)P(=O)([O-])O)O2)c(=O)[nH]c1=O.Cc1cn([C@H]2C[C@@H](N=[N+]=[N-])[C@@H](COP([O-])(=S)OP(=O)([O-])C(F)(F)P(=O)([O-])O)O2)c(=O)[nH]c1=O.[BH3-]P(=S)(OC[C@@H]1CC[C@H](n2cc(C)c(=O)[nH]c2=O)O1)OP(=O)([O-])C(F)(F)P(=O)([O-])O. The van der Waals surface area contributed by atoms with Gasteiger partial charge in [-0.05, 0) is 71.8 Å². The van der Waals surface area contributed by atoms with Gasteiger partial charge in [-0.3, -0.25) is 70.3 Å². The van der Waals surface area contributed by atoms with Crippen LogP contribution in [0.15, 0.2) is 68.3 Å². The highest BCUT2D eigenvalue weighted by Gasteiger charge is 2.57. The maximum atomic E-state index is 13.5. The molecule has 0 bridgehead atoms. The van der Waals surface area contributed by atoms with Crippen LogP contribution in [0.25, 0.3) is 10.4 Å². The number of aromatic amines is 4. The molecule has 8 N–H and O–H groups in total. The zero-order chi connectivity index (χ0) is 94.8. The van der Waals surface area contributed by atoms with E-state index in [1.807, 2.05) is 4.98 Å². The molecule has 4 aliphatic heterocycles. The summed E-state index contributed by atoms with van der Waals surface area (Å²) in [6, 6.07) is -1.13. The quantitative estimate of drug-likeness (QED) is 0.00439. The standard InChI is InChI=1S/C11H19BF2N2O10P3S.C11H16F2N5O11P3S.C11H17F2N2O11P3S.C11H17F2N2O10P3S2/c1-6-4-16(10(18)15-9(6)17)8-3-2-7(25-8)5-24-29(12,30)26-28(22,23)11(13,14)27(19,20)21;1-5-3-18(10(20)15-9(5)19)8-2-6(16-17-14)7(28-8)4-27-32(26,33)29-31(24,25)11(12,13)30(21,22)23;1-6-4-15(10(17)14-9(6)16)8-3-2-7(25-8)5-24-29(23,30)26-28(21,22)11(12,13)27(18,19)20;1-6-4-15(10(17)14-9(6)16)8-3-2-7(24-8)5-23-28(29,30)25-27(21,22)11(12,13)26(18,19)20/h4,7-8H,2-3,5H2,1,12H3,(H,22,23)(H,15,17,18)(H2,19,20,21);3,6-8H,2,4H2,1H3,(H,24,25)(H,26,33)(H,15,19,20)(H2,21,22,23);4,7-8H,2-3,5H2,1H3,(H,21,22)(H,23,30)(H,14,16,17)(H2,18,19,20);4,7-8H,2-3,5H2,1H3,(H,21,22)(H,29,30)(H,14,16,17)(H2,18,19,20)/q-1;;;/p-11/t7-,8+,29?;6-,7-,8-,32?;7-,8+,29?;7-,8+/m0100/s1. The number of H-pyrrole nitrogens is 4. The Kier molecular flexibility index (Phi) is 37.1. The molecule has 53 nitrogen and oxygen atoms in total. The number of ether oxygens (including phenoxy) is 4. The number of aryl methyl sites for hydroxylation is 4. The van der Waals surface area contributed by atoms with E-state index in [9.17, 15) is 159 Å². The van der Waals surface area contributed by atoms with Crippen LogP contribution < -0.4 is 93.9 Å². The summed E-state index contributed by atoms with van der Waals surface area (Å²) in [5, 5.41) is -19.5. The van der Waals surface area contributed by atoms with Gasteiger partial charge in [-0.15, -0.1) is 0 Å². The lowest BCUT2D eigenvalue weighted by molar-refractivity contribution is -0.241. The summed E-state index contributed by atoms with van der Waals surface area (Å²) >= 11 is 22.3. The predicted molar refractivity (Wildman–Crippen MR) is 397 cm³/mol. The van der Waals surface area contributed by atoms with Crippen molar-refractivity contribution in [3.05, 3.63) is 141 Å². The molecule has 0 aliphatic carbocycles. The number of hydrogen-bond acceptors (Lipinski definition) is 44. The highest BCUT2D eigenvalue weighted by molar-refractivity contribution is 8.52. The second-order valence-electron chi connectivity index (χ2n) is 24.6. The van der Waals surface area contributed by atoms with E-state index in [2.05, 4.69) is 98.9 Å². The molecular weight excluding hydrogens is 2050 g/mol. The Morgan fingerprint density at radius 1 is 0.455 bits per heavy atom. The van der Waals surface area contributed by atoms with Gasteiger partial charge < -0.3 is 159 Å². The molecule has 0 amide bonds. The minimum atomic E-state index is -6.91. The normalized spacial score (nSPS) is 26.1. The summed E-state index contributed by atoms with van der Waals surface area (Å²) < 4.78 is 256. The van der Waals surface area contributed by atoms with Gasteiger partial charge in [0.2, 0.25) is 60.8 Å². The number of nitrogens with one attached hydrogen (secondary N) is 4. The molecule has 0 radical (unpaired) electrons. The Balaban J connectivity index is 0.000000292. The zero-order valence-electron chi connectivity index (χ0n) is 60.1. The van der Waals surface area contributed by atoms with Gasteiger partial charge >= 0.3 is 44.4 Å². The number of rotatable bonds is 33. The average Bonchev–Trinajstić information content (AvgIpc) is 1.77. The van der Waals surface area contributed by atoms with Crippen molar-refractivity contribution in [2.75, 3.05) is 26.4 Å². The molecule has 0 aromatic carbocycles. The third-order valence-corrected chi connectivity index (χ3v) is 39.6. The van der Waals surface area contributed by atoms with E-state index < -0.39 is 236 Å². The monoisotopic (exact) mass is 2110 g/mol. The Hall–Kier alpha value is -2.72. The van der Waals surface area contributed by atoms with Crippen LogP contribution in [0.5, 0.6) is 0 Å². The average molecular weight is 2110 g/mol. The minimum absolute atomic E-state index is 0.119. The van der Waals surface area contributed by atoms with Crippen molar-refractivity contribution in [1.29, 1.82) is 0 Å². The van der Waals surface area contributed by atoms with E-state index >= 15 is 0 Å². The molecule has 4 aliphatic rings. The molecule has 12 unspecified atom stereocenters. The zero-order valence-corrected chi connectivity index (χ0v) is 75.0. The first-order valence-corrected chi connectivity index (χ1v) is 55.1. The molecule has 4 aromatic heterocycles. The molecule has 8 rings (SSSR count). The van der Waals surface area contributed by atoms with E-state index in [4.69, 9.17) is 64.9 Å². The Morgan fingerprint density at radius 2 is 0.715 bits per heavy atom. The van der Waals surface area contributed by atoms with Gasteiger partial charge in [-0.1, -0.05) is 52.3 Å². The molecule has 4 saturated heterocycles. The van der Waals surface area contributed by atoms with Crippen molar-refractivity contribution < 1.29 is 194 Å². The lowest BCUT2D eigenvalue weighted by Gasteiger charge is -2.41. The van der Waals surface area contributed by atoms with Crippen molar-refractivity contribution in [3.63, 3.8) is 0 Å². The molecular formula is C44H58BF8N11O42P12S5-12. The highest BCUT2D eigenvalue weighted by Crippen LogP contribution is 2.77. The molecule has 123 heavy (non-hydrogen) atoms. The Labute approximate surface area is 704 Å². The molecule has 0 spiro atoms. The van der Waals surface area contributed by atoms with Crippen LogP contribution in [-0.4, -0.2) is 144 Å². The van der Waals surface area contributed by atoms with Crippen LogP contribution in [0.1, 0.15) is 92.1 Å². The first-order valence-electron chi connectivity index (χ1n) is 31.7. The van der Waals surface area contributed by atoms with Gasteiger partial charge in [0.1, 0.15) is 38.3 Å². The van der Waals surface area contributed by atoms with Crippen LogP contribution in [0.2, 0.25) is 0 Å². The van der Waals surface area contributed by atoms with Gasteiger partial charge in [0.05, 0.1) is 70.1 Å². The molecule has 8 heterocycles. The van der Waals surface area contributed by atoms with Crippen LogP contribution in [-0.2, 0) is 150 Å². The maximum absolute atomic E-state index is 13.5. The summed E-state index contributed by atoms with van der Waals surface area (Å²) in [6.07, 6.45) is -4.67. The number of hydrogen-bond donors (Lipinski definition) is 8. The van der Waals surface area contributed by atoms with Crippen molar-refractivity contribution in [3.8, 4) is 0 Å². The molecule has 21 atom stereocenters.